The van der Waals surface area contributed by atoms with E-state index < -0.39 is 10.9 Å². The van der Waals surface area contributed by atoms with Gasteiger partial charge in [0.25, 0.3) is 0 Å². The lowest BCUT2D eigenvalue weighted by Gasteiger charge is -1.93. The first-order valence-corrected chi connectivity index (χ1v) is 4.58. The number of esters is 1. The van der Waals surface area contributed by atoms with Crippen molar-refractivity contribution in [3.63, 3.8) is 0 Å². The van der Waals surface area contributed by atoms with Gasteiger partial charge < -0.3 is 9.84 Å². The highest BCUT2D eigenvalue weighted by molar-refractivity contribution is 5.86. The van der Waals surface area contributed by atoms with Crippen molar-refractivity contribution in [1.82, 2.24) is 0 Å². The predicted octanol–water partition coefficient (Wildman–Crippen LogP) is 1.47. The molecule has 1 N–H and O–H groups in total. The number of nitro groups is 1. The molecule has 17 heavy (non-hydrogen) atoms. The summed E-state index contributed by atoms with van der Waals surface area (Å²) < 4.78 is 4.42. The number of nitrogens with zero attached hydrogens (tertiary/aromatic N) is 1. The molecule has 0 aliphatic carbocycles. The van der Waals surface area contributed by atoms with Gasteiger partial charge in [-0.15, -0.1) is 0 Å². The summed E-state index contributed by atoms with van der Waals surface area (Å²) in [6.45, 7) is 0. The van der Waals surface area contributed by atoms with Gasteiger partial charge in [-0.25, -0.2) is 4.79 Å². The minimum absolute atomic E-state index is 0.204. The van der Waals surface area contributed by atoms with E-state index >= 15 is 0 Å². The zero-order chi connectivity index (χ0) is 13.3. The maximum Gasteiger partial charge on any atom is 0.330 e. The number of aromatic hydroxyl groups is 1. The SMILES string of the molecule is COC(=O)/C=C/c1ccc(O)cc1.C[N+](=O)[O-]. The molecule has 6 heteroatoms. The molecule has 0 bridgehead atoms. The second kappa shape index (κ2) is 7.86. The van der Waals surface area contributed by atoms with Crippen LogP contribution in [-0.4, -0.2) is 30.2 Å². The Morgan fingerprint density at radius 1 is 1.41 bits per heavy atom. The lowest BCUT2D eigenvalue weighted by atomic mass is 10.2. The van der Waals surface area contributed by atoms with Crippen LogP contribution in [-0.2, 0) is 9.53 Å². The van der Waals surface area contributed by atoms with Crippen molar-refractivity contribution in [2.75, 3.05) is 14.2 Å². The average molecular weight is 239 g/mol. The molecular weight excluding hydrogens is 226 g/mol. The molecule has 1 rings (SSSR count). The molecule has 0 saturated carbocycles. The highest BCUT2D eigenvalue weighted by Crippen LogP contribution is 2.10. The summed E-state index contributed by atoms with van der Waals surface area (Å²) in [4.78, 5) is 19.0. The molecule has 0 amide bonds. The van der Waals surface area contributed by atoms with E-state index in [1.807, 2.05) is 0 Å². The minimum Gasteiger partial charge on any atom is -0.508 e. The van der Waals surface area contributed by atoms with Crippen molar-refractivity contribution in [2.45, 2.75) is 0 Å². The van der Waals surface area contributed by atoms with Gasteiger partial charge in [0.05, 0.1) is 7.11 Å². The summed E-state index contributed by atoms with van der Waals surface area (Å²) in [5.41, 5.74) is 0.836. The molecule has 1 aromatic carbocycles. The topological polar surface area (TPSA) is 89.7 Å². The number of phenols is 1. The van der Waals surface area contributed by atoms with Crippen molar-refractivity contribution < 1.29 is 19.6 Å². The van der Waals surface area contributed by atoms with Crippen molar-refractivity contribution in [1.29, 1.82) is 0 Å². The number of benzene rings is 1. The molecule has 6 nitrogen and oxygen atoms in total. The molecule has 0 fully saturated rings. The van der Waals surface area contributed by atoms with Crippen molar-refractivity contribution in [3.8, 4) is 5.75 Å². The molecule has 0 spiro atoms. The maximum absolute atomic E-state index is 10.7. The average Bonchev–Trinajstić information content (AvgIpc) is 2.27. The van der Waals surface area contributed by atoms with Crippen LogP contribution < -0.4 is 0 Å². The third-order valence-corrected chi connectivity index (χ3v) is 1.51. The summed E-state index contributed by atoms with van der Waals surface area (Å²) in [5.74, 6) is -0.191. The molecule has 0 aliphatic rings. The first-order chi connectivity index (χ1) is 7.95. The fraction of sp³-hybridized carbons (Fsp3) is 0.182. The second-order valence-electron chi connectivity index (χ2n) is 2.89. The van der Waals surface area contributed by atoms with Crippen LogP contribution in [0.4, 0.5) is 0 Å². The number of methoxy groups -OCH3 is 1. The second-order valence-corrected chi connectivity index (χ2v) is 2.89. The number of carbonyl (C=O) groups excluding carboxylic acids is 1. The third-order valence-electron chi connectivity index (χ3n) is 1.51. The van der Waals surface area contributed by atoms with E-state index in [1.54, 1.807) is 30.3 Å². The summed E-state index contributed by atoms with van der Waals surface area (Å²) in [5, 5.41) is 17.8. The van der Waals surface area contributed by atoms with Crippen LogP contribution in [0.5, 0.6) is 5.75 Å². The maximum atomic E-state index is 10.7. The van der Waals surface area contributed by atoms with Gasteiger partial charge >= 0.3 is 5.97 Å². The number of hydrogen-bond donors (Lipinski definition) is 1. The summed E-state index contributed by atoms with van der Waals surface area (Å²) in [6.07, 6.45) is 2.94. The molecule has 0 aliphatic heterocycles. The fourth-order valence-corrected chi connectivity index (χ4v) is 0.818. The molecule has 0 atom stereocenters. The van der Waals surface area contributed by atoms with Gasteiger partial charge in [-0.1, -0.05) is 12.1 Å². The summed E-state index contributed by atoms with van der Waals surface area (Å²) >= 11 is 0. The van der Waals surface area contributed by atoms with Crippen LogP contribution in [0.1, 0.15) is 5.56 Å². The smallest absolute Gasteiger partial charge is 0.330 e. The highest BCUT2D eigenvalue weighted by atomic mass is 16.6. The van der Waals surface area contributed by atoms with E-state index in [1.165, 1.54) is 13.2 Å². The van der Waals surface area contributed by atoms with Crippen LogP contribution in [0.25, 0.3) is 6.08 Å². The Morgan fingerprint density at radius 2 is 1.88 bits per heavy atom. The van der Waals surface area contributed by atoms with Crippen LogP contribution in [0.3, 0.4) is 0 Å². The van der Waals surface area contributed by atoms with Gasteiger partial charge in [0.2, 0.25) is 0 Å². The van der Waals surface area contributed by atoms with E-state index in [0.29, 0.717) is 0 Å². The molecule has 0 unspecified atom stereocenters. The van der Waals surface area contributed by atoms with Crippen LogP contribution >= 0.6 is 0 Å². The van der Waals surface area contributed by atoms with Gasteiger partial charge in [0.1, 0.15) is 5.75 Å². The Hall–Kier alpha value is -2.37. The first kappa shape index (κ1) is 14.6. The number of phenolic OH excluding ortho intramolecular Hbond substituents is 1. The number of ether oxygens (including phenoxy) is 1. The molecule has 0 aromatic heterocycles. The predicted molar refractivity (Wildman–Crippen MR) is 62.1 cm³/mol. The first-order valence-electron chi connectivity index (χ1n) is 4.58. The molecular formula is C11H13NO5. The quantitative estimate of drug-likeness (QED) is 0.365. The van der Waals surface area contributed by atoms with Gasteiger partial charge in [-0.05, 0) is 23.8 Å². The largest absolute Gasteiger partial charge is 0.508 e. The molecule has 92 valence electrons. The van der Waals surface area contributed by atoms with Crippen LogP contribution in [0, 0.1) is 10.1 Å². The summed E-state index contributed by atoms with van der Waals surface area (Å²) in [7, 11) is 2.21. The number of carbonyl (C=O) groups is 1. The highest BCUT2D eigenvalue weighted by Gasteiger charge is 1.91. The Labute approximate surface area is 98.3 Å². The Morgan fingerprint density at radius 3 is 2.29 bits per heavy atom. The number of hydrogen-bond acceptors (Lipinski definition) is 5. The van der Waals surface area contributed by atoms with Crippen LogP contribution in [0.2, 0.25) is 0 Å². The van der Waals surface area contributed by atoms with E-state index in [2.05, 4.69) is 4.74 Å². The Kier molecular flexibility index (Phi) is 6.77. The van der Waals surface area contributed by atoms with E-state index in [0.717, 1.165) is 12.6 Å². The lowest BCUT2D eigenvalue weighted by molar-refractivity contribution is -0.445. The van der Waals surface area contributed by atoms with E-state index in [9.17, 15) is 4.79 Å². The van der Waals surface area contributed by atoms with Crippen LogP contribution in [0.15, 0.2) is 30.3 Å². The van der Waals surface area contributed by atoms with E-state index in [4.69, 9.17) is 15.2 Å². The fourth-order valence-electron chi connectivity index (χ4n) is 0.818. The van der Waals surface area contributed by atoms with Gasteiger partial charge in [0.15, 0.2) is 7.05 Å². The third kappa shape index (κ3) is 8.61. The molecule has 0 heterocycles. The number of rotatable bonds is 2. The normalized spacial score (nSPS) is 9.29. The zero-order valence-electron chi connectivity index (χ0n) is 9.49. The monoisotopic (exact) mass is 239 g/mol. The Balaban J connectivity index is 0.000000557. The van der Waals surface area contributed by atoms with Crippen molar-refractivity contribution in [3.05, 3.63) is 46.0 Å². The standard InChI is InChI=1S/C10H10O3.CH3NO2/c1-13-10(12)7-4-8-2-5-9(11)6-3-8;1-2(3)4/h2-7,11H,1H3;1H3/b7-4+;. The van der Waals surface area contributed by atoms with E-state index in [-0.39, 0.29) is 5.75 Å². The van der Waals surface area contributed by atoms with Gasteiger partial charge in [-0.3, -0.25) is 10.1 Å². The zero-order valence-corrected chi connectivity index (χ0v) is 9.49. The minimum atomic E-state index is -0.500. The summed E-state index contributed by atoms with van der Waals surface area (Å²) in [6, 6.07) is 6.51. The molecule has 0 saturated heterocycles. The molecule has 0 radical (unpaired) electrons. The van der Waals surface area contributed by atoms with Crippen molar-refractivity contribution in [2.24, 2.45) is 0 Å². The van der Waals surface area contributed by atoms with Crippen molar-refractivity contribution >= 4 is 12.0 Å². The van der Waals surface area contributed by atoms with Gasteiger partial charge in [-0.2, -0.15) is 0 Å². The molecule has 1 aromatic rings. The lowest BCUT2D eigenvalue weighted by Crippen LogP contribution is -1.92. The Bertz CT molecular complexity index is 393. The van der Waals surface area contributed by atoms with Gasteiger partial charge in [0, 0.05) is 11.0 Å².